The lowest BCUT2D eigenvalue weighted by Gasteiger charge is -2.11. The maximum atomic E-state index is 12.6. The lowest BCUT2D eigenvalue weighted by atomic mass is 10.1. The van der Waals surface area contributed by atoms with Crippen LogP contribution in [0.3, 0.4) is 0 Å². The quantitative estimate of drug-likeness (QED) is 0.606. The van der Waals surface area contributed by atoms with Gasteiger partial charge in [0.2, 0.25) is 5.88 Å². The summed E-state index contributed by atoms with van der Waals surface area (Å²) in [6.07, 6.45) is 0. The van der Waals surface area contributed by atoms with Gasteiger partial charge in [-0.25, -0.2) is 8.42 Å². The number of aromatic nitrogens is 2. The Labute approximate surface area is 169 Å². The Hall–Kier alpha value is -2.64. The first-order valence-corrected chi connectivity index (χ1v) is 10.6. The summed E-state index contributed by atoms with van der Waals surface area (Å²) in [5.74, 6) is 0.845. The number of anilines is 1. The van der Waals surface area contributed by atoms with Crippen molar-refractivity contribution >= 4 is 27.3 Å². The highest BCUT2D eigenvalue weighted by Gasteiger charge is 2.17. The molecule has 3 rings (SSSR count). The highest BCUT2D eigenvalue weighted by atomic mass is 35.5. The average Bonchev–Trinajstić information content (AvgIpc) is 2.67. The van der Waals surface area contributed by atoms with Crippen LogP contribution < -0.4 is 9.46 Å². The summed E-state index contributed by atoms with van der Waals surface area (Å²) >= 11 is 6.01. The SMILES string of the molecule is CC(C)COc1ccc(-c2cccc(NS(=O)(=O)c3ccccc3Cl)c2)nn1. The maximum absolute atomic E-state index is 12.6. The van der Waals surface area contributed by atoms with Gasteiger partial charge in [-0.05, 0) is 36.2 Å². The molecule has 1 N–H and O–H groups in total. The first-order chi connectivity index (χ1) is 13.3. The number of nitrogens with zero attached hydrogens (tertiary/aromatic N) is 2. The summed E-state index contributed by atoms with van der Waals surface area (Å²) in [6.45, 7) is 4.67. The molecule has 146 valence electrons. The Morgan fingerprint density at radius 3 is 2.50 bits per heavy atom. The molecule has 0 aliphatic heterocycles. The van der Waals surface area contributed by atoms with E-state index in [1.54, 1.807) is 42.5 Å². The van der Waals surface area contributed by atoms with Crippen molar-refractivity contribution in [2.45, 2.75) is 18.7 Å². The van der Waals surface area contributed by atoms with E-state index in [-0.39, 0.29) is 9.92 Å². The first-order valence-electron chi connectivity index (χ1n) is 8.69. The zero-order chi connectivity index (χ0) is 20.1. The standard InChI is InChI=1S/C20H20ClN3O3S/c1-14(2)13-27-20-11-10-18(22-23-20)15-6-5-7-16(12-15)24-28(25,26)19-9-4-3-8-17(19)21/h3-12,14,24H,13H2,1-2H3. The van der Waals surface area contributed by atoms with Crippen molar-refractivity contribution in [2.75, 3.05) is 11.3 Å². The molecule has 0 amide bonds. The fourth-order valence-corrected chi connectivity index (χ4v) is 3.99. The molecule has 0 fully saturated rings. The number of hydrogen-bond donors (Lipinski definition) is 1. The number of nitrogens with one attached hydrogen (secondary N) is 1. The van der Waals surface area contributed by atoms with Crippen LogP contribution in [0.4, 0.5) is 5.69 Å². The van der Waals surface area contributed by atoms with E-state index in [0.29, 0.717) is 29.8 Å². The molecule has 0 bridgehead atoms. The molecular weight excluding hydrogens is 398 g/mol. The van der Waals surface area contributed by atoms with Crippen molar-refractivity contribution in [3.8, 4) is 17.1 Å². The Balaban J connectivity index is 1.80. The smallest absolute Gasteiger partial charge is 0.263 e. The minimum absolute atomic E-state index is 0.0218. The van der Waals surface area contributed by atoms with Crippen LogP contribution in [-0.2, 0) is 10.0 Å². The number of sulfonamides is 1. The second-order valence-corrected chi connectivity index (χ2v) is 8.64. The van der Waals surface area contributed by atoms with Gasteiger partial charge >= 0.3 is 0 Å². The van der Waals surface area contributed by atoms with Gasteiger partial charge in [0.05, 0.1) is 17.3 Å². The highest BCUT2D eigenvalue weighted by Crippen LogP contribution is 2.26. The van der Waals surface area contributed by atoms with Crippen LogP contribution >= 0.6 is 11.6 Å². The molecular formula is C20H20ClN3O3S. The van der Waals surface area contributed by atoms with Crippen molar-refractivity contribution in [1.29, 1.82) is 0 Å². The molecule has 0 aliphatic rings. The third-order valence-corrected chi connectivity index (χ3v) is 5.62. The van der Waals surface area contributed by atoms with Gasteiger partial charge in [-0.15, -0.1) is 10.2 Å². The monoisotopic (exact) mass is 417 g/mol. The predicted molar refractivity (Wildman–Crippen MR) is 110 cm³/mol. The van der Waals surface area contributed by atoms with E-state index >= 15 is 0 Å². The van der Waals surface area contributed by atoms with Crippen LogP contribution in [0, 0.1) is 5.92 Å². The van der Waals surface area contributed by atoms with Crippen LogP contribution in [0.2, 0.25) is 5.02 Å². The van der Waals surface area contributed by atoms with Gasteiger partial charge in [0.15, 0.2) is 0 Å². The number of ether oxygens (including phenoxy) is 1. The van der Waals surface area contributed by atoms with Gasteiger partial charge in [0.25, 0.3) is 10.0 Å². The van der Waals surface area contributed by atoms with Crippen molar-refractivity contribution in [3.63, 3.8) is 0 Å². The van der Waals surface area contributed by atoms with Crippen molar-refractivity contribution in [2.24, 2.45) is 5.92 Å². The van der Waals surface area contributed by atoms with Crippen LogP contribution in [0.5, 0.6) is 5.88 Å². The third kappa shape index (κ3) is 4.99. The van der Waals surface area contributed by atoms with Crippen LogP contribution in [0.15, 0.2) is 65.6 Å². The Morgan fingerprint density at radius 2 is 1.82 bits per heavy atom. The molecule has 0 saturated heterocycles. The minimum Gasteiger partial charge on any atom is -0.476 e. The van der Waals surface area contributed by atoms with Crippen molar-refractivity contribution in [1.82, 2.24) is 10.2 Å². The molecule has 1 heterocycles. The molecule has 0 aliphatic carbocycles. The largest absolute Gasteiger partial charge is 0.476 e. The summed E-state index contributed by atoms with van der Waals surface area (Å²) in [4.78, 5) is 0.0218. The summed E-state index contributed by atoms with van der Waals surface area (Å²) in [5.41, 5.74) is 1.73. The first kappa shape index (κ1) is 20.1. The van der Waals surface area contributed by atoms with Crippen LogP contribution in [0.1, 0.15) is 13.8 Å². The molecule has 0 unspecified atom stereocenters. The topological polar surface area (TPSA) is 81.2 Å². The van der Waals surface area contributed by atoms with Gasteiger partial charge in [0.1, 0.15) is 4.90 Å². The Morgan fingerprint density at radius 1 is 1.04 bits per heavy atom. The van der Waals surface area contributed by atoms with Crippen LogP contribution in [-0.4, -0.2) is 25.2 Å². The summed E-state index contributed by atoms with van der Waals surface area (Å²) in [7, 11) is -3.80. The lowest BCUT2D eigenvalue weighted by molar-refractivity contribution is 0.258. The molecule has 2 aromatic carbocycles. The van der Waals surface area contributed by atoms with Gasteiger partial charge in [-0.1, -0.05) is 49.7 Å². The van der Waals surface area contributed by atoms with Crippen molar-refractivity contribution in [3.05, 3.63) is 65.7 Å². The zero-order valence-electron chi connectivity index (χ0n) is 15.5. The van der Waals surface area contributed by atoms with Gasteiger partial charge in [-0.3, -0.25) is 4.72 Å². The molecule has 0 atom stereocenters. The number of halogens is 1. The number of hydrogen-bond acceptors (Lipinski definition) is 5. The minimum atomic E-state index is -3.80. The van der Waals surface area contributed by atoms with E-state index in [2.05, 4.69) is 28.8 Å². The van der Waals surface area contributed by atoms with Gasteiger partial charge in [0, 0.05) is 17.3 Å². The van der Waals surface area contributed by atoms with E-state index in [0.717, 1.165) is 5.56 Å². The predicted octanol–water partition coefficient (Wildman–Crippen LogP) is 4.63. The zero-order valence-corrected chi connectivity index (χ0v) is 17.0. The highest BCUT2D eigenvalue weighted by molar-refractivity contribution is 7.92. The number of rotatable bonds is 7. The van der Waals surface area contributed by atoms with Gasteiger partial charge in [-0.2, -0.15) is 0 Å². The van der Waals surface area contributed by atoms with Crippen molar-refractivity contribution < 1.29 is 13.2 Å². The van der Waals surface area contributed by atoms with E-state index in [1.807, 2.05) is 6.07 Å². The van der Waals surface area contributed by atoms with E-state index in [9.17, 15) is 8.42 Å². The van der Waals surface area contributed by atoms with Crippen LogP contribution in [0.25, 0.3) is 11.3 Å². The lowest BCUT2D eigenvalue weighted by Crippen LogP contribution is -2.13. The molecule has 28 heavy (non-hydrogen) atoms. The average molecular weight is 418 g/mol. The molecule has 1 aromatic heterocycles. The maximum Gasteiger partial charge on any atom is 0.263 e. The summed E-state index contributed by atoms with van der Waals surface area (Å²) < 4.78 is 33.3. The molecule has 0 radical (unpaired) electrons. The van der Waals surface area contributed by atoms with E-state index in [1.165, 1.54) is 12.1 Å². The number of benzene rings is 2. The molecule has 0 spiro atoms. The fourth-order valence-electron chi connectivity index (χ4n) is 2.42. The molecule has 6 nitrogen and oxygen atoms in total. The van der Waals surface area contributed by atoms with Gasteiger partial charge < -0.3 is 4.74 Å². The summed E-state index contributed by atoms with van der Waals surface area (Å²) in [5, 5.41) is 8.39. The fraction of sp³-hybridized carbons (Fsp3) is 0.200. The second kappa shape index (κ2) is 8.58. The third-order valence-electron chi connectivity index (χ3n) is 3.74. The second-order valence-electron chi connectivity index (χ2n) is 6.58. The Kier molecular flexibility index (Phi) is 6.16. The van der Waals surface area contributed by atoms with E-state index < -0.39 is 10.0 Å². The molecule has 0 saturated carbocycles. The summed E-state index contributed by atoms with van der Waals surface area (Å²) in [6, 6.07) is 16.7. The Bertz CT molecular complexity index is 1050. The molecule has 8 heteroatoms. The van der Waals surface area contributed by atoms with E-state index in [4.69, 9.17) is 16.3 Å². The normalized spacial score (nSPS) is 11.4. The molecule has 3 aromatic rings.